The number of aromatic carboxylic acids is 1. The van der Waals surface area contributed by atoms with Crippen molar-refractivity contribution < 1.29 is 19.1 Å². The number of ether oxygens (including phenoxy) is 1. The van der Waals surface area contributed by atoms with E-state index in [4.69, 9.17) is 9.15 Å². The third-order valence-corrected chi connectivity index (χ3v) is 5.74. The largest absolute Gasteiger partial charge is 0.487 e. The van der Waals surface area contributed by atoms with Gasteiger partial charge in [0.2, 0.25) is 0 Å². The number of nitrogens with zero attached hydrogens (tertiary/aromatic N) is 1. The first-order valence-electron chi connectivity index (χ1n) is 10.4. The van der Waals surface area contributed by atoms with Crippen molar-refractivity contribution in [2.45, 2.75) is 19.1 Å². The molecule has 0 amide bonds. The number of fused-ring (bicyclic) bond motifs is 1. The molecule has 1 aliphatic heterocycles. The maximum atomic E-state index is 11.5. The summed E-state index contributed by atoms with van der Waals surface area (Å²) < 4.78 is 11.9. The van der Waals surface area contributed by atoms with E-state index in [0.717, 1.165) is 24.2 Å². The van der Waals surface area contributed by atoms with Gasteiger partial charge in [-0.3, -0.25) is 4.90 Å². The van der Waals surface area contributed by atoms with Crippen LogP contribution in [0.1, 0.15) is 33.3 Å². The van der Waals surface area contributed by atoms with E-state index in [2.05, 4.69) is 53.4 Å². The Balaban J connectivity index is 1.38. The fraction of sp³-hybridized carbons (Fsp3) is 0.192. The predicted molar refractivity (Wildman–Crippen MR) is 119 cm³/mol. The Kier molecular flexibility index (Phi) is 4.96. The normalized spacial score (nSPS) is 14.6. The number of benzene rings is 3. The van der Waals surface area contributed by atoms with Crippen molar-refractivity contribution in [1.29, 1.82) is 0 Å². The molecule has 1 aromatic heterocycles. The van der Waals surface area contributed by atoms with Crippen LogP contribution in [-0.4, -0.2) is 35.2 Å². The average Bonchev–Trinajstić information content (AvgIpc) is 3.14. The van der Waals surface area contributed by atoms with Gasteiger partial charge in [-0.25, -0.2) is 4.79 Å². The average molecular weight is 413 g/mol. The van der Waals surface area contributed by atoms with Gasteiger partial charge in [0, 0.05) is 13.1 Å². The molecule has 5 rings (SSSR count). The van der Waals surface area contributed by atoms with E-state index in [1.165, 1.54) is 11.1 Å². The summed E-state index contributed by atoms with van der Waals surface area (Å²) in [5.74, 6) is 0.294. The number of rotatable bonds is 6. The van der Waals surface area contributed by atoms with Crippen molar-refractivity contribution in [2.24, 2.45) is 0 Å². The van der Waals surface area contributed by atoms with E-state index in [0.29, 0.717) is 11.3 Å². The van der Waals surface area contributed by atoms with Crippen LogP contribution in [0, 0.1) is 6.92 Å². The molecule has 5 heteroatoms. The van der Waals surface area contributed by atoms with E-state index in [9.17, 15) is 9.90 Å². The fourth-order valence-corrected chi connectivity index (χ4v) is 4.27. The van der Waals surface area contributed by atoms with E-state index >= 15 is 0 Å². The molecular formula is C26H23NO4. The molecule has 1 saturated heterocycles. The Labute approximate surface area is 180 Å². The molecule has 4 aromatic rings. The van der Waals surface area contributed by atoms with Crippen LogP contribution in [0.2, 0.25) is 0 Å². The molecule has 2 heterocycles. The zero-order valence-corrected chi connectivity index (χ0v) is 17.2. The molecule has 1 aliphatic rings. The van der Waals surface area contributed by atoms with Gasteiger partial charge in [-0.1, -0.05) is 60.7 Å². The smallest absolute Gasteiger partial charge is 0.335 e. The molecule has 0 spiro atoms. The van der Waals surface area contributed by atoms with Gasteiger partial charge in [-0.05, 0) is 36.2 Å². The van der Waals surface area contributed by atoms with Crippen molar-refractivity contribution in [3.8, 4) is 5.75 Å². The van der Waals surface area contributed by atoms with E-state index < -0.39 is 5.97 Å². The SMILES string of the molecule is Cc1cc2c(OC3CN(C(c4ccccc4)c4ccccc4)C3)cc(C(=O)O)cc2o1. The van der Waals surface area contributed by atoms with Crippen molar-refractivity contribution in [3.05, 3.63) is 101 Å². The molecule has 5 nitrogen and oxygen atoms in total. The minimum atomic E-state index is -0.996. The van der Waals surface area contributed by atoms with Crippen LogP contribution in [0.3, 0.4) is 0 Å². The Morgan fingerprint density at radius 3 is 2.19 bits per heavy atom. The van der Waals surface area contributed by atoms with E-state index in [-0.39, 0.29) is 17.7 Å². The minimum absolute atomic E-state index is 0.0163. The van der Waals surface area contributed by atoms with Gasteiger partial charge in [0.15, 0.2) is 0 Å². The van der Waals surface area contributed by atoms with Gasteiger partial charge in [-0.2, -0.15) is 0 Å². The molecule has 3 aromatic carbocycles. The molecule has 1 N–H and O–H groups in total. The lowest BCUT2D eigenvalue weighted by Crippen LogP contribution is -2.55. The number of furan rings is 1. The van der Waals surface area contributed by atoms with Crippen LogP contribution < -0.4 is 4.74 Å². The van der Waals surface area contributed by atoms with Crippen LogP contribution in [-0.2, 0) is 0 Å². The Bertz CT molecular complexity index is 1170. The first-order chi connectivity index (χ1) is 15.1. The standard InChI is InChI=1S/C26H23NO4/c1-17-12-22-23(30-17)13-20(26(28)29)14-24(22)31-21-15-27(16-21)25(18-8-4-2-5-9-18)19-10-6-3-7-11-19/h2-14,21,25H,15-16H2,1H3,(H,28,29). The second-order valence-corrected chi connectivity index (χ2v) is 7.97. The highest BCUT2D eigenvalue weighted by Crippen LogP contribution is 2.36. The van der Waals surface area contributed by atoms with Crippen LogP contribution in [0.4, 0.5) is 0 Å². The second kappa shape index (κ2) is 7.93. The zero-order chi connectivity index (χ0) is 21.4. The Hall–Kier alpha value is -3.57. The number of likely N-dealkylation sites (tertiary alicyclic amines) is 1. The van der Waals surface area contributed by atoms with Gasteiger partial charge >= 0.3 is 5.97 Å². The monoisotopic (exact) mass is 413 g/mol. The van der Waals surface area contributed by atoms with Crippen molar-refractivity contribution >= 4 is 16.9 Å². The molecule has 1 fully saturated rings. The van der Waals surface area contributed by atoms with Crippen LogP contribution in [0.15, 0.2) is 83.3 Å². The summed E-state index contributed by atoms with van der Waals surface area (Å²) in [6, 6.07) is 26.1. The number of hydrogen-bond donors (Lipinski definition) is 1. The maximum Gasteiger partial charge on any atom is 0.335 e. The number of carboxylic acid groups (broad SMARTS) is 1. The first-order valence-corrected chi connectivity index (χ1v) is 10.4. The fourth-order valence-electron chi connectivity index (χ4n) is 4.27. The Morgan fingerprint density at radius 2 is 1.61 bits per heavy atom. The third kappa shape index (κ3) is 3.80. The molecule has 31 heavy (non-hydrogen) atoms. The summed E-state index contributed by atoms with van der Waals surface area (Å²) in [6.07, 6.45) is -0.0163. The lowest BCUT2D eigenvalue weighted by molar-refractivity contribution is 0.00105. The van der Waals surface area contributed by atoms with E-state index in [1.807, 2.05) is 25.1 Å². The molecule has 0 radical (unpaired) electrons. The summed E-state index contributed by atoms with van der Waals surface area (Å²) in [6.45, 7) is 3.35. The summed E-state index contributed by atoms with van der Waals surface area (Å²) in [7, 11) is 0. The van der Waals surface area contributed by atoms with Gasteiger partial charge < -0.3 is 14.3 Å². The summed E-state index contributed by atoms with van der Waals surface area (Å²) in [5, 5.41) is 10.3. The summed E-state index contributed by atoms with van der Waals surface area (Å²) in [4.78, 5) is 13.9. The predicted octanol–water partition coefficient (Wildman–Crippen LogP) is 5.29. The Morgan fingerprint density at radius 1 is 1.00 bits per heavy atom. The number of hydrogen-bond acceptors (Lipinski definition) is 4. The van der Waals surface area contributed by atoms with Gasteiger partial charge in [0.25, 0.3) is 0 Å². The first kappa shape index (κ1) is 19.4. The van der Waals surface area contributed by atoms with Crippen molar-refractivity contribution in [2.75, 3.05) is 13.1 Å². The lowest BCUT2D eigenvalue weighted by Gasteiger charge is -2.44. The number of aryl methyl sites for hydroxylation is 1. The summed E-state index contributed by atoms with van der Waals surface area (Å²) in [5.41, 5.74) is 3.19. The van der Waals surface area contributed by atoms with Crippen LogP contribution in [0.5, 0.6) is 5.75 Å². The third-order valence-electron chi connectivity index (χ3n) is 5.74. The highest BCUT2D eigenvalue weighted by Gasteiger charge is 2.35. The molecular weight excluding hydrogens is 390 g/mol. The van der Waals surface area contributed by atoms with Gasteiger partial charge in [0.1, 0.15) is 23.2 Å². The maximum absolute atomic E-state index is 11.5. The highest BCUT2D eigenvalue weighted by molar-refractivity contribution is 5.95. The molecule has 0 unspecified atom stereocenters. The van der Waals surface area contributed by atoms with Crippen LogP contribution >= 0.6 is 0 Å². The minimum Gasteiger partial charge on any atom is -0.487 e. The molecule has 0 saturated carbocycles. The van der Waals surface area contributed by atoms with E-state index in [1.54, 1.807) is 12.1 Å². The molecule has 0 bridgehead atoms. The molecule has 156 valence electrons. The highest BCUT2D eigenvalue weighted by atomic mass is 16.5. The van der Waals surface area contributed by atoms with Gasteiger partial charge in [-0.15, -0.1) is 0 Å². The van der Waals surface area contributed by atoms with Crippen molar-refractivity contribution in [1.82, 2.24) is 4.90 Å². The van der Waals surface area contributed by atoms with Gasteiger partial charge in [0.05, 0.1) is 17.0 Å². The second-order valence-electron chi connectivity index (χ2n) is 7.97. The topological polar surface area (TPSA) is 62.9 Å². The number of carbonyl (C=O) groups is 1. The molecule has 0 aliphatic carbocycles. The quantitative estimate of drug-likeness (QED) is 0.465. The lowest BCUT2D eigenvalue weighted by atomic mass is 9.94. The number of carboxylic acids is 1. The summed E-state index contributed by atoms with van der Waals surface area (Å²) >= 11 is 0. The molecule has 0 atom stereocenters. The van der Waals surface area contributed by atoms with Crippen molar-refractivity contribution in [3.63, 3.8) is 0 Å². The zero-order valence-electron chi connectivity index (χ0n) is 17.2. The van der Waals surface area contributed by atoms with Crippen LogP contribution in [0.25, 0.3) is 11.0 Å².